The van der Waals surface area contributed by atoms with Crippen molar-refractivity contribution in [3.63, 3.8) is 0 Å². The minimum atomic E-state index is 0.384. The number of hydrogen-bond donors (Lipinski definition) is 0. The highest BCUT2D eigenvalue weighted by molar-refractivity contribution is 5.97. The quantitative estimate of drug-likeness (QED) is 0.581. The summed E-state index contributed by atoms with van der Waals surface area (Å²) in [5.74, 6) is 1.52. The number of aromatic nitrogens is 2. The molecule has 3 heterocycles. The zero-order chi connectivity index (χ0) is 21.0. The van der Waals surface area contributed by atoms with Crippen molar-refractivity contribution in [2.24, 2.45) is 16.8 Å². The van der Waals surface area contributed by atoms with Gasteiger partial charge in [-0.2, -0.15) is 0 Å². The van der Waals surface area contributed by atoms with Crippen LogP contribution in [0.15, 0.2) is 53.3 Å². The standard InChI is InChI=1S/C27H29N3/c1-15(2)27-18(5)30-26-14-29-25(12-23(26)27)21-8-9-24-22(21)11-19(13-28-24)20-7-6-16(3)10-17(20)4/h7-8,10-16,27H,6,9H2,1-5H3. The Bertz CT molecular complexity index is 1160. The fraction of sp³-hybridized carbons (Fsp3) is 0.370. The molecule has 2 aromatic heterocycles. The maximum Gasteiger partial charge on any atom is 0.0851 e. The van der Waals surface area contributed by atoms with Crippen LogP contribution in [-0.4, -0.2) is 15.7 Å². The van der Waals surface area contributed by atoms with Gasteiger partial charge in [-0.1, -0.05) is 39.0 Å². The summed E-state index contributed by atoms with van der Waals surface area (Å²) in [7, 11) is 0. The van der Waals surface area contributed by atoms with Gasteiger partial charge >= 0.3 is 0 Å². The van der Waals surface area contributed by atoms with Crippen molar-refractivity contribution in [2.75, 3.05) is 0 Å². The number of nitrogens with zero attached hydrogens (tertiary/aromatic N) is 3. The molecule has 0 aromatic carbocycles. The topological polar surface area (TPSA) is 38.1 Å². The Hall–Kier alpha value is -2.81. The van der Waals surface area contributed by atoms with E-state index in [1.165, 1.54) is 39.1 Å². The largest absolute Gasteiger partial charge is 0.260 e. The minimum absolute atomic E-state index is 0.384. The van der Waals surface area contributed by atoms with E-state index in [1.807, 2.05) is 12.4 Å². The predicted octanol–water partition coefficient (Wildman–Crippen LogP) is 6.68. The first-order valence-corrected chi connectivity index (χ1v) is 11.1. The van der Waals surface area contributed by atoms with Gasteiger partial charge in [0.05, 0.1) is 23.3 Å². The second-order valence-electron chi connectivity index (χ2n) is 9.32. The van der Waals surface area contributed by atoms with E-state index in [2.05, 4.69) is 65.0 Å². The Balaban J connectivity index is 1.53. The lowest BCUT2D eigenvalue weighted by Crippen LogP contribution is -2.11. The Kier molecular flexibility index (Phi) is 4.57. The van der Waals surface area contributed by atoms with Crippen molar-refractivity contribution in [3.8, 4) is 0 Å². The van der Waals surface area contributed by atoms with Crippen LogP contribution in [-0.2, 0) is 6.42 Å². The van der Waals surface area contributed by atoms with E-state index in [0.29, 0.717) is 17.8 Å². The second-order valence-corrected chi connectivity index (χ2v) is 9.32. The summed E-state index contributed by atoms with van der Waals surface area (Å²) in [6.45, 7) is 11.2. The molecule has 152 valence electrons. The fourth-order valence-corrected chi connectivity index (χ4v) is 5.26. The molecule has 1 aliphatic heterocycles. The molecule has 0 radical (unpaired) electrons. The monoisotopic (exact) mass is 395 g/mol. The molecule has 2 atom stereocenters. The number of pyridine rings is 2. The molecule has 0 saturated heterocycles. The second kappa shape index (κ2) is 7.16. The van der Waals surface area contributed by atoms with Crippen molar-refractivity contribution in [1.82, 2.24) is 9.97 Å². The lowest BCUT2D eigenvalue weighted by molar-refractivity contribution is 0.608. The van der Waals surface area contributed by atoms with Gasteiger partial charge in [0, 0.05) is 40.9 Å². The normalized spacial score (nSPS) is 22.3. The molecule has 30 heavy (non-hydrogen) atoms. The molecule has 0 saturated carbocycles. The summed E-state index contributed by atoms with van der Waals surface area (Å²) in [6, 6.07) is 4.58. The molecule has 0 N–H and O–H groups in total. The molecule has 0 amide bonds. The van der Waals surface area contributed by atoms with Gasteiger partial charge in [0.15, 0.2) is 0 Å². The van der Waals surface area contributed by atoms with Gasteiger partial charge in [-0.05, 0) is 60.9 Å². The number of aliphatic imine (C=N–C) groups is 1. The van der Waals surface area contributed by atoms with Crippen LogP contribution in [0.4, 0.5) is 5.69 Å². The van der Waals surface area contributed by atoms with Crippen LogP contribution in [0.1, 0.15) is 75.0 Å². The molecule has 5 rings (SSSR count). The van der Waals surface area contributed by atoms with Gasteiger partial charge in [-0.15, -0.1) is 0 Å². The highest BCUT2D eigenvalue weighted by Gasteiger charge is 2.29. The maximum absolute atomic E-state index is 4.82. The third-order valence-electron chi connectivity index (χ3n) is 6.66. The third-order valence-corrected chi connectivity index (χ3v) is 6.66. The van der Waals surface area contributed by atoms with E-state index in [0.717, 1.165) is 29.9 Å². The first-order chi connectivity index (χ1) is 14.4. The Morgan fingerprint density at radius 1 is 1.00 bits per heavy atom. The summed E-state index contributed by atoms with van der Waals surface area (Å²) in [6.07, 6.45) is 13.0. The molecule has 0 spiro atoms. The van der Waals surface area contributed by atoms with E-state index >= 15 is 0 Å². The number of fused-ring (bicyclic) bond motifs is 2. The van der Waals surface area contributed by atoms with E-state index < -0.39 is 0 Å². The molecule has 3 heteroatoms. The van der Waals surface area contributed by atoms with E-state index in [9.17, 15) is 0 Å². The molecule has 2 aromatic rings. The first-order valence-electron chi connectivity index (χ1n) is 11.1. The Morgan fingerprint density at radius 2 is 1.83 bits per heavy atom. The third kappa shape index (κ3) is 3.08. The van der Waals surface area contributed by atoms with Crippen LogP contribution in [0.5, 0.6) is 0 Å². The molecule has 3 aliphatic rings. The van der Waals surface area contributed by atoms with Gasteiger partial charge in [-0.3, -0.25) is 15.0 Å². The molecule has 0 fully saturated rings. The maximum atomic E-state index is 4.82. The smallest absolute Gasteiger partial charge is 0.0851 e. The molecule has 0 bridgehead atoms. The summed E-state index contributed by atoms with van der Waals surface area (Å²) in [5, 5.41) is 0. The number of rotatable bonds is 3. The fourth-order valence-electron chi connectivity index (χ4n) is 5.26. The van der Waals surface area contributed by atoms with Crippen LogP contribution in [0, 0.1) is 11.8 Å². The Morgan fingerprint density at radius 3 is 2.60 bits per heavy atom. The highest BCUT2D eigenvalue weighted by Crippen LogP contribution is 2.42. The van der Waals surface area contributed by atoms with Crippen molar-refractivity contribution >= 4 is 22.5 Å². The molecular weight excluding hydrogens is 366 g/mol. The van der Waals surface area contributed by atoms with Crippen molar-refractivity contribution in [3.05, 3.63) is 76.4 Å². The lowest BCUT2D eigenvalue weighted by atomic mass is 9.86. The summed E-state index contributed by atoms with van der Waals surface area (Å²) in [5.41, 5.74) is 12.0. The zero-order valence-electron chi connectivity index (χ0n) is 18.5. The van der Waals surface area contributed by atoms with Crippen LogP contribution in [0.2, 0.25) is 0 Å². The van der Waals surface area contributed by atoms with Gasteiger partial charge in [-0.25, -0.2) is 0 Å². The highest BCUT2D eigenvalue weighted by atomic mass is 14.8. The van der Waals surface area contributed by atoms with Gasteiger partial charge in [0.1, 0.15) is 0 Å². The van der Waals surface area contributed by atoms with Crippen LogP contribution < -0.4 is 0 Å². The molecule has 2 aliphatic carbocycles. The minimum Gasteiger partial charge on any atom is -0.260 e. The van der Waals surface area contributed by atoms with Crippen LogP contribution >= 0.6 is 0 Å². The average molecular weight is 396 g/mol. The molecule has 2 unspecified atom stereocenters. The SMILES string of the molecule is CC1=CC(C)CC=C1c1cnc2c(c1)C(c1cc3c(cn1)N=C(C)C3C(C)C)=CC2. The van der Waals surface area contributed by atoms with E-state index in [1.54, 1.807) is 0 Å². The zero-order valence-corrected chi connectivity index (χ0v) is 18.5. The van der Waals surface area contributed by atoms with Gasteiger partial charge < -0.3 is 0 Å². The average Bonchev–Trinajstić information content (AvgIpc) is 3.26. The number of hydrogen-bond acceptors (Lipinski definition) is 3. The van der Waals surface area contributed by atoms with Crippen LogP contribution in [0.25, 0.3) is 11.1 Å². The summed E-state index contributed by atoms with van der Waals surface area (Å²) in [4.78, 5) is 14.4. The molecular formula is C27H29N3. The van der Waals surface area contributed by atoms with Gasteiger partial charge in [0.25, 0.3) is 0 Å². The Labute approximate surface area is 179 Å². The molecule has 3 nitrogen and oxygen atoms in total. The van der Waals surface area contributed by atoms with E-state index in [-0.39, 0.29) is 0 Å². The van der Waals surface area contributed by atoms with Crippen molar-refractivity contribution < 1.29 is 0 Å². The van der Waals surface area contributed by atoms with Crippen molar-refractivity contribution in [1.29, 1.82) is 0 Å². The summed E-state index contributed by atoms with van der Waals surface area (Å²) >= 11 is 0. The lowest BCUT2D eigenvalue weighted by Gasteiger charge is -2.18. The number of allylic oxidation sites excluding steroid dienone is 5. The van der Waals surface area contributed by atoms with Crippen molar-refractivity contribution in [2.45, 2.75) is 53.4 Å². The first kappa shape index (κ1) is 19.2. The van der Waals surface area contributed by atoms with E-state index in [4.69, 9.17) is 15.0 Å². The predicted molar refractivity (Wildman–Crippen MR) is 125 cm³/mol. The summed E-state index contributed by atoms with van der Waals surface area (Å²) < 4.78 is 0. The van der Waals surface area contributed by atoms with Crippen LogP contribution in [0.3, 0.4) is 0 Å². The van der Waals surface area contributed by atoms with Gasteiger partial charge in [0.2, 0.25) is 0 Å².